The number of nitrogens with zero attached hydrogens (tertiary/aromatic N) is 1. The monoisotopic (exact) mass is 444 g/mol. The summed E-state index contributed by atoms with van der Waals surface area (Å²) in [5.41, 5.74) is 0. The minimum atomic E-state index is -3.12. The minimum absolute atomic E-state index is 0.0120. The number of sulfone groups is 1. The first-order chi connectivity index (χ1) is 13.8. The SMILES string of the molecule is CC1NC(C)C(S(=O)(=O)C2CCC(CNC(=O)C3CCC4NCCN4C3)CC2)S1. The maximum atomic E-state index is 13.1. The zero-order chi connectivity index (χ0) is 20.6. The van der Waals surface area contributed by atoms with Gasteiger partial charge in [-0.25, -0.2) is 8.42 Å². The van der Waals surface area contributed by atoms with Crippen molar-refractivity contribution in [1.29, 1.82) is 0 Å². The highest BCUT2D eigenvalue weighted by atomic mass is 32.3. The van der Waals surface area contributed by atoms with Crippen molar-refractivity contribution in [3.8, 4) is 0 Å². The first-order valence-electron chi connectivity index (χ1n) is 11.2. The number of carbonyl (C=O) groups is 1. The second-order valence-electron chi connectivity index (χ2n) is 9.32. The molecule has 29 heavy (non-hydrogen) atoms. The molecule has 9 heteroatoms. The molecule has 4 rings (SSSR count). The van der Waals surface area contributed by atoms with E-state index < -0.39 is 9.84 Å². The third-order valence-electron chi connectivity index (χ3n) is 7.23. The molecule has 1 saturated carbocycles. The second kappa shape index (κ2) is 9.02. The van der Waals surface area contributed by atoms with Gasteiger partial charge in [0.2, 0.25) is 5.91 Å². The Morgan fingerprint density at radius 2 is 1.90 bits per heavy atom. The molecule has 0 aromatic carbocycles. The third-order valence-corrected chi connectivity index (χ3v) is 12.0. The fourth-order valence-electron chi connectivity index (χ4n) is 5.52. The average Bonchev–Trinajstić information content (AvgIpc) is 3.31. The highest BCUT2D eigenvalue weighted by Gasteiger charge is 2.44. The molecule has 3 saturated heterocycles. The predicted molar refractivity (Wildman–Crippen MR) is 117 cm³/mol. The molecule has 0 aromatic rings. The van der Waals surface area contributed by atoms with E-state index in [4.69, 9.17) is 0 Å². The summed E-state index contributed by atoms with van der Waals surface area (Å²) in [6.07, 6.45) is 5.71. The first-order valence-corrected chi connectivity index (χ1v) is 13.8. The van der Waals surface area contributed by atoms with Gasteiger partial charge in [-0.1, -0.05) is 0 Å². The van der Waals surface area contributed by atoms with Gasteiger partial charge in [-0.3, -0.25) is 9.69 Å². The molecule has 3 heterocycles. The zero-order valence-corrected chi connectivity index (χ0v) is 19.2. The van der Waals surface area contributed by atoms with E-state index in [2.05, 4.69) is 20.9 Å². The van der Waals surface area contributed by atoms with Gasteiger partial charge in [0.05, 0.1) is 22.7 Å². The molecular formula is C20H36N4O3S2. The largest absolute Gasteiger partial charge is 0.356 e. The fraction of sp³-hybridized carbons (Fsp3) is 0.950. The third kappa shape index (κ3) is 4.79. The van der Waals surface area contributed by atoms with Crippen molar-refractivity contribution >= 4 is 27.5 Å². The quantitative estimate of drug-likeness (QED) is 0.585. The maximum Gasteiger partial charge on any atom is 0.224 e. The van der Waals surface area contributed by atoms with Crippen LogP contribution in [0.25, 0.3) is 0 Å². The summed E-state index contributed by atoms with van der Waals surface area (Å²) >= 11 is 1.55. The van der Waals surface area contributed by atoms with E-state index in [0.29, 0.717) is 18.6 Å². The van der Waals surface area contributed by atoms with Crippen LogP contribution in [0.1, 0.15) is 52.4 Å². The van der Waals surface area contributed by atoms with E-state index in [1.807, 2.05) is 13.8 Å². The molecule has 0 bridgehead atoms. The van der Waals surface area contributed by atoms with Crippen molar-refractivity contribution in [3.63, 3.8) is 0 Å². The fourth-order valence-corrected chi connectivity index (χ4v) is 10.1. The van der Waals surface area contributed by atoms with E-state index in [1.54, 1.807) is 11.8 Å². The van der Waals surface area contributed by atoms with Crippen LogP contribution in [0.2, 0.25) is 0 Å². The number of carbonyl (C=O) groups excluding carboxylic acids is 1. The lowest BCUT2D eigenvalue weighted by atomic mass is 9.88. The van der Waals surface area contributed by atoms with Gasteiger partial charge in [0.15, 0.2) is 9.84 Å². The molecule has 4 aliphatic rings. The van der Waals surface area contributed by atoms with E-state index in [0.717, 1.165) is 58.2 Å². The van der Waals surface area contributed by atoms with Gasteiger partial charge >= 0.3 is 0 Å². The standard InChI is InChI=1S/C20H36N4O3S2/c1-13-20(28-14(2)23-13)29(26,27)17-6-3-15(4-7-17)11-22-19(25)16-5-8-18-21-9-10-24(18)12-16/h13-18,20-21,23H,3-12H2,1-2H3,(H,22,25). The molecular weight excluding hydrogens is 408 g/mol. The predicted octanol–water partition coefficient (Wildman–Crippen LogP) is 1.11. The molecule has 0 aromatic heterocycles. The molecule has 3 aliphatic heterocycles. The van der Waals surface area contributed by atoms with Crippen LogP contribution < -0.4 is 16.0 Å². The van der Waals surface area contributed by atoms with Crippen LogP contribution in [-0.2, 0) is 14.6 Å². The van der Waals surface area contributed by atoms with Gasteiger partial charge in [0.25, 0.3) is 0 Å². The number of hydrogen-bond acceptors (Lipinski definition) is 7. The number of amides is 1. The first kappa shape index (κ1) is 21.9. The number of piperidine rings is 1. The van der Waals surface area contributed by atoms with E-state index in [9.17, 15) is 13.2 Å². The van der Waals surface area contributed by atoms with E-state index in [1.165, 1.54) is 0 Å². The van der Waals surface area contributed by atoms with E-state index >= 15 is 0 Å². The summed E-state index contributed by atoms with van der Waals surface area (Å²) in [7, 11) is -3.12. The molecule has 5 unspecified atom stereocenters. The van der Waals surface area contributed by atoms with Crippen LogP contribution in [0.4, 0.5) is 0 Å². The summed E-state index contributed by atoms with van der Waals surface area (Å²) < 4.78 is 25.8. The lowest BCUT2D eigenvalue weighted by Gasteiger charge is -2.34. The van der Waals surface area contributed by atoms with Crippen LogP contribution in [-0.4, -0.2) is 72.8 Å². The van der Waals surface area contributed by atoms with Gasteiger partial charge in [-0.15, -0.1) is 11.8 Å². The average molecular weight is 445 g/mol. The lowest BCUT2D eigenvalue weighted by Crippen LogP contribution is -2.48. The van der Waals surface area contributed by atoms with Crippen molar-refractivity contribution in [2.45, 2.75) is 79.8 Å². The molecule has 1 amide bonds. The zero-order valence-electron chi connectivity index (χ0n) is 17.6. The highest BCUT2D eigenvalue weighted by Crippen LogP contribution is 2.38. The van der Waals surface area contributed by atoms with Gasteiger partial charge < -0.3 is 16.0 Å². The summed E-state index contributed by atoms with van der Waals surface area (Å²) in [4.78, 5) is 15.0. The molecule has 7 nitrogen and oxygen atoms in total. The smallest absolute Gasteiger partial charge is 0.224 e. The number of nitrogens with one attached hydrogen (secondary N) is 3. The van der Waals surface area contributed by atoms with Crippen molar-refractivity contribution in [2.24, 2.45) is 11.8 Å². The Morgan fingerprint density at radius 1 is 1.14 bits per heavy atom. The maximum absolute atomic E-state index is 13.1. The summed E-state index contributed by atoms with van der Waals surface area (Å²) in [6.45, 7) is 7.63. The van der Waals surface area contributed by atoms with Gasteiger partial charge in [-0.2, -0.15) is 0 Å². The molecule has 0 spiro atoms. The van der Waals surface area contributed by atoms with Gasteiger partial charge in [0, 0.05) is 32.2 Å². The van der Waals surface area contributed by atoms with Crippen LogP contribution >= 0.6 is 11.8 Å². The van der Waals surface area contributed by atoms with Crippen LogP contribution in [0.15, 0.2) is 0 Å². The summed E-state index contributed by atoms with van der Waals surface area (Å²) in [5.74, 6) is 0.681. The highest BCUT2D eigenvalue weighted by molar-refractivity contribution is 8.14. The Bertz CT molecular complexity index is 696. The Morgan fingerprint density at radius 3 is 2.59 bits per heavy atom. The van der Waals surface area contributed by atoms with Crippen molar-refractivity contribution in [2.75, 3.05) is 26.2 Å². The molecule has 1 aliphatic carbocycles. The Balaban J connectivity index is 1.21. The summed E-state index contributed by atoms with van der Waals surface area (Å²) in [6, 6.07) is 0.0120. The molecule has 3 N–H and O–H groups in total. The van der Waals surface area contributed by atoms with E-state index in [-0.39, 0.29) is 33.1 Å². The molecule has 5 atom stereocenters. The van der Waals surface area contributed by atoms with Crippen molar-refractivity contribution in [1.82, 2.24) is 20.9 Å². The molecule has 166 valence electrons. The number of thioether (sulfide) groups is 1. The summed E-state index contributed by atoms with van der Waals surface area (Å²) in [5, 5.41) is 9.96. The van der Waals surface area contributed by atoms with Crippen molar-refractivity contribution < 1.29 is 13.2 Å². The van der Waals surface area contributed by atoms with Crippen LogP contribution in [0.3, 0.4) is 0 Å². The second-order valence-corrected chi connectivity index (χ2v) is 13.5. The minimum Gasteiger partial charge on any atom is -0.356 e. The normalized spacial score (nSPS) is 41.2. The lowest BCUT2D eigenvalue weighted by molar-refractivity contribution is -0.127. The van der Waals surface area contributed by atoms with Crippen molar-refractivity contribution in [3.05, 3.63) is 0 Å². The van der Waals surface area contributed by atoms with Gasteiger partial charge in [-0.05, 0) is 58.3 Å². The topological polar surface area (TPSA) is 90.5 Å². The number of rotatable bonds is 5. The Labute approximate surface area is 179 Å². The number of fused-ring (bicyclic) bond motifs is 1. The van der Waals surface area contributed by atoms with Gasteiger partial charge in [0.1, 0.15) is 4.58 Å². The molecule has 4 fully saturated rings. The Kier molecular flexibility index (Phi) is 6.80. The number of hydrogen-bond donors (Lipinski definition) is 3. The van der Waals surface area contributed by atoms with Crippen LogP contribution in [0, 0.1) is 11.8 Å². The van der Waals surface area contributed by atoms with Crippen LogP contribution in [0.5, 0.6) is 0 Å². The Hall–Kier alpha value is -0.350. The molecule has 0 radical (unpaired) electrons.